The Morgan fingerprint density at radius 2 is 1.82 bits per heavy atom. The number of aromatic nitrogens is 3. The summed E-state index contributed by atoms with van der Waals surface area (Å²) >= 11 is 5.96. The molecule has 4 rings (SSSR count). The van der Waals surface area contributed by atoms with E-state index in [-0.39, 0.29) is 5.56 Å². The van der Waals surface area contributed by atoms with E-state index in [4.69, 9.17) is 16.3 Å². The van der Waals surface area contributed by atoms with Gasteiger partial charge in [-0.1, -0.05) is 23.7 Å². The van der Waals surface area contributed by atoms with Crippen molar-refractivity contribution in [3.8, 4) is 16.9 Å². The minimum absolute atomic E-state index is 0.267. The van der Waals surface area contributed by atoms with Gasteiger partial charge in [0, 0.05) is 16.9 Å². The number of hydrogen-bond donors (Lipinski definition) is 2. The number of rotatable bonds is 5. The van der Waals surface area contributed by atoms with Gasteiger partial charge in [-0.05, 0) is 60.5 Å². The summed E-state index contributed by atoms with van der Waals surface area (Å²) in [5.41, 5.74) is 2.50. The average molecular weight is 393 g/mol. The lowest BCUT2D eigenvalue weighted by atomic mass is 10.0. The molecule has 0 saturated carbocycles. The second-order valence-electron chi connectivity index (χ2n) is 6.06. The van der Waals surface area contributed by atoms with Crippen molar-refractivity contribution < 1.29 is 4.74 Å². The van der Waals surface area contributed by atoms with Gasteiger partial charge in [0.15, 0.2) is 5.65 Å². The maximum absolute atomic E-state index is 12.8. The monoisotopic (exact) mass is 392 g/mol. The SMILES string of the molecule is CCOc1ccc(Nc2nc3nccc(-c4ccc(Cl)cc4)c3c(=O)[nH]2)cc1. The highest BCUT2D eigenvalue weighted by Crippen LogP contribution is 2.26. The zero-order chi connectivity index (χ0) is 19.5. The van der Waals surface area contributed by atoms with Crippen LogP contribution in [0.15, 0.2) is 65.6 Å². The van der Waals surface area contributed by atoms with Crippen LogP contribution in [0.5, 0.6) is 5.75 Å². The van der Waals surface area contributed by atoms with E-state index in [1.165, 1.54) is 0 Å². The molecule has 2 heterocycles. The van der Waals surface area contributed by atoms with Gasteiger partial charge < -0.3 is 10.1 Å². The molecule has 0 fully saturated rings. The van der Waals surface area contributed by atoms with E-state index in [1.54, 1.807) is 24.4 Å². The van der Waals surface area contributed by atoms with Crippen molar-refractivity contribution in [1.29, 1.82) is 0 Å². The maximum atomic E-state index is 12.8. The number of benzene rings is 2. The first-order chi connectivity index (χ1) is 13.6. The largest absolute Gasteiger partial charge is 0.494 e. The van der Waals surface area contributed by atoms with Crippen LogP contribution in [-0.4, -0.2) is 21.6 Å². The molecule has 0 amide bonds. The molecular weight excluding hydrogens is 376 g/mol. The summed E-state index contributed by atoms with van der Waals surface area (Å²) in [5.74, 6) is 1.10. The molecule has 140 valence electrons. The predicted molar refractivity (Wildman–Crippen MR) is 111 cm³/mol. The summed E-state index contributed by atoms with van der Waals surface area (Å²) in [7, 11) is 0. The molecule has 0 atom stereocenters. The molecule has 2 aromatic carbocycles. The predicted octanol–water partition coefficient (Wildman–Crippen LogP) is 4.78. The molecule has 2 aromatic heterocycles. The minimum atomic E-state index is -0.267. The molecule has 0 aliphatic rings. The first-order valence-corrected chi connectivity index (χ1v) is 9.16. The van der Waals surface area contributed by atoms with Crippen molar-refractivity contribution in [2.75, 3.05) is 11.9 Å². The van der Waals surface area contributed by atoms with E-state index in [0.717, 1.165) is 22.6 Å². The number of pyridine rings is 1. The molecule has 0 unspecified atom stereocenters. The molecule has 0 bridgehead atoms. The van der Waals surface area contributed by atoms with Gasteiger partial charge in [0.25, 0.3) is 5.56 Å². The van der Waals surface area contributed by atoms with Gasteiger partial charge in [-0.25, -0.2) is 4.98 Å². The number of H-pyrrole nitrogens is 1. The van der Waals surface area contributed by atoms with Crippen LogP contribution < -0.4 is 15.6 Å². The molecule has 4 aromatic rings. The standard InChI is InChI=1S/C21H17ClN4O2/c1-2-28-16-9-7-15(8-10-16)24-21-25-19-18(20(27)26-21)17(11-12-23-19)13-3-5-14(22)6-4-13/h3-12H,2H2,1H3,(H2,23,24,25,26,27). The van der Waals surface area contributed by atoms with E-state index < -0.39 is 0 Å². The zero-order valence-corrected chi connectivity index (χ0v) is 15.8. The molecule has 0 aliphatic heterocycles. The van der Waals surface area contributed by atoms with Crippen molar-refractivity contribution in [2.45, 2.75) is 6.92 Å². The second kappa shape index (κ2) is 7.70. The molecule has 0 saturated heterocycles. The van der Waals surface area contributed by atoms with Gasteiger partial charge >= 0.3 is 0 Å². The highest BCUT2D eigenvalue weighted by molar-refractivity contribution is 6.30. The van der Waals surface area contributed by atoms with Crippen LogP contribution in [0.3, 0.4) is 0 Å². The minimum Gasteiger partial charge on any atom is -0.494 e. The van der Waals surface area contributed by atoms with Crippen molar-refractivity contribution in [3.05, 3.63) is 76.2 Å². The quantitative estimate of drug-likeness (QED) is 0.511. The number of nitrogens with one attached hydrogen (secondary N) is 2. The van der Waals surface area contributed by atoms with Crippen LogP contribution in [0.4, 0.5) is 11.6 Å². The van der Waals surface area contributed by atoms with Crippen LogP contribution in [0.2, 0.25) is 5.02 Å². The van der Waals surface area contributed by atoms with Crippen molar-refractivity contribution in [2.24, 2.45) is 0 Å². The third kappa shape index (κ3) is 3.68. The summed E-state index contributed by atoms with van der Waals surface area (Å²) in [5, 5.41) is 4.16. The number of aromatic amines is 1. The Hall–Kier alpha value is -3.38. The van der Waals surface area contributed by atoms with Gasteiger partial charge in [-0.2, -0.15) is 4.98 Å². The molecule has 7 heteroatoms. The van der Waals surface area contributed by atoms with Gasteiger partial charge in [0.2, 0.25) is 5.95 Å². The Bertz CT molecular complexity index is 1170. The summed E-state index contributed by atoms with van der Waals surface area (Å²) in [6, 6.07) is 16.5. The molecule has 6 nitrogen and oxygen atoms in total. The lowest BCUT2D eigenvalue weighted by Gasteiger charge is -2.09. The maximum Gasteiger partial charge on any atom is 0.262 e. The van der Waals surface area contributed by atoms with Crippen molar-refractivity contribution in [1.82, 2.24) is 15.0 Å². The fourth-order valence-electron chi connectivity index (χ4n) is 2.93. The summed E-state index contributed by atoms with van der Waals surface area (Å²) in [6.07, 6.45) is 1.64. The second-order valence-corrected chi connectivity index (χ2v) is 6.50. The number of halogens is 1. The van der Waals surface area contributed by atoms with E-state index >= 15 is 0 Å². The number of nitrogens with zero attached hydrogens (tertiary/aromatic N) is 2. The van der Waals surface area contributed by atoms with E-state index in [2.05, 4.69) is 20.3 Å². The normalized spacial score (nSPS) is 10.8. The topological polar surface area (TPSA) is 79.9 Å². The smallest absolute Gasteiger partial charge is 0.262 e. The number of anilines is 2. The summed E-state index contributed by atoms with van der Waals surface area (Å²) < 4.78 is 5.43. The van der Waals surface area contributed by atoms with Crippen LogP contribution in [0, 0.1) is 0 Å². The Morgan fingerprint density at radius 1 is 1.07 bits per heavy atom. The Morgan fingerprint density at radius 3 is 2.54 bits per heavy atom. The number of hydrogen-bond acceptors (Lipinski definition) is 5. The lowest BCUT2D eigenvalue weighted by molar-refractivity contribution is 0.340. The molecule has 28 heavy (non-hydrogen) atoms. The molecule has 0 aliphatic carbocycles. The number of ether oxygens (including phenoxy) is 1. The van der Waals surface area contributed by atoms with Crippen LogP contribution in [0.1, 0.15) is 6.92 Å². The van der Waals surface area contributed by atoms with Crippen LogP contribution >= 0.6 is 11.6 Å². The van der Waals surface area contributed by atoms with Crippen LogP contribution in [0.25, 0.3) is 22.2 Å². The first kappa shape index (κ1) is 18.0. The lowest BCUT2D eigenvalue weighted by Crippen LogP contribution is -2.13. The third-order valence-corrected chi connectivity index (χ3v) is 4.44. The fraction of sp³-hybridized carbons (Fsp3) is 0.0952. The molecular formula is C21H17ClN4O2. The van der Waals surface area contributed by atoms with Crippen LogP contribution in [-0.2, 0) is 0 Å². The highest BCUT2D eigenvalue weighted by Gasteiger charge is 2.11. The highest BCUT2D eigenvalue weighted by atomic mass is 35.5. The Balaban J connectivity index is 1.71. The van der Waals surface area contributed by atoms with E-state index in [1.807, 2.05) is 43.3 Å². The van der Waals surface area contributed by atoms with Gasteiger partial charge in [-0.3, -0.25) is 9.78 Å². The first-order valence-electron chi connectivity index (χ1n) is 8.79. The van der Waals surface area contributed by atoms with Crippen molar-refractivity contribution >= 4 is 34.3 Å². The molecule has 2 N–H and O–H groups in total. The van der Waals surface area contributed by atoms with E-state index in [0.29, 0.717) is 28.6 Å². The number of fused-ring (bicyclic) bond motifs is 1. The van der Waals surface area contributed by atoms with E-state index in [9.17, 15) is 4.79 Å². The van der Waals surface area contributed by atoms with Gasteiger partial charge in [0.1, 0.15) is 5.75 Å². The average Bonchev–Trinajstić information content (AvgIpc) is 2.70. The third-order valence-electron chi connectivity index (χ3n) is 4.19. The zero-order valence-electron chi connectivity index (χ0n) is 15.1. The Kier molecular flexibility index (Phi) is 4.95. The summed E-state index contributed by atoms with van der Waals surface area (Å²) in [6.45, 7) is 2.54. The summed E-state index contributed by atoms with van der Waals surface area (Å²) in [4.78, 5) is 24.3. The van der Waals surface area contributed by atoms with Crippen molar-refractivity contribution in [3.63, 3.8) is 0 Å². The Labute approximate surface area is 166 Å². The van der Waals surface area contributed by atoms with Gasteiger partial charge in [0.05, 0.1) is 12.0 Å². The molecule has 0 radical (unpaired) electrons. The fourth-order valence-corrected chi connectivity index (χ4v) is 3.06. The van der Waals surface area contributed by atoms with Gasteiger partial charge in [-0.15, -0.1) is 0 Å². The molecule has 0 spiro atoms.